The van der Waals surface area contributed by atoms with Gasteiger partial charge in [0, 0.05) is 6.21 Å². The summed E-state index contributed by atoms with van der Waals surface area (Å²) in [6, 6.07) is 53.1. The Bertz CT molecular complexity index is 2090. The first-order valence-corrected chi connectivity index (χ1v) is 14.6. The lowest BCUT2D eigenvalue weighted by Gasteiger charge is -2.20. The van der Waals surface area contributed by atoms with Crippen molar-refractivity contribution in [2.45, 2.75) is 12.5 Å². The van der Waals surface area contributed by atoms with E-state index in [1.807, 2.05) is 6.21 Å². The number of aliphatic imine (C=N–C) groups is 1. The molecule has 7 aromatic carbocycles. The summed E-state index contributed by atoms with van der Waals surface area (Å²) in [4.78, 5) is 4.76. The summed E-state index contributed by atoms with van der Waals surface area (Å²) in [6.07, 6.45) is 5.04. The number of rotatable bonds is 4. The zero-order chi connectivity index (χ0) is 27.9. The monoisotopic (exact) mass is 535 g/mol. The van der Waals surface area contributed by atoms with Gasteiger partial charge in [0.2, 0.25) is 0 Å². The van der Waals surface area contributed by atoms with E-state index < -0.39 is 0 Å². The van der Waals surface area contributed by atoms with E-state index in [9.17, 15) is 0 Å². The lowest BCUT2D eigenvalue weighted by molar-refractivity contribution is 0.752. The van der Waals surface area contributed by atoms with E-state index >= 15 is 0 Å². The van der Waals surface area contributed by atoms with Gasteiger partial charge in [-0.05, 0) is 83.8 Å². The van der Waals surface area contributed by atoms with Gasteiger partial charge in [0.15, 0.2) is 0 Å². The molecule has 0 bridgehead atoms. The first-order valence-electron chi connectivity index (χ1n) is 14.6. The topological polar surface area (TPSA) is 12.4 Å². The highest BCUT2D eigenvalue weighted by Crippen LogP contribution is 2.45. The van der Waals surface area contributed by atoms with Crippen LogP contribution >= 0.6 is 0 Å². The SMILES string of the molecule is C1=NC(c2ccccc2)CC(c2ccc(-c3c4ccccc4c(-c4cccc5ccccc45)c4ccccc34)cc2)=C1. The van der Waals surface area contributed by atoms with Crippen molar-refractivity contribution in [2.75, 3.05) is 0 Å². The average Bonchev–Trinajstić information content (AvgIpc) is 3.07. The molecule has 0 N–H and O–H groups in total. The smallest absolute Gasteiger partial charge is 0.0789 e. The molecule has 0 amide bonds. The van der Waals surface area contributed by atoms with Crippen molar-refractivity contribution in [1.29, 1.82) is 0 Å². The molecule has 0 aliphatic carbocycles. The van der Waals surface area contributed by atoms with Crippen molar-refractivity contribution in [2.24, 2.45) is 4.99 Å². The zero-order valence-corrected chi connectivity index (χ0v) is 23.2. The minimum atomic E-state index is 0.167. The van der Waals surface area contributed by atoms with Crippen LogP contribution in [-0.2, 0) is 0 Å². The average molecular weight is 536 g/mol. The Morgan fingerprint density at radius 2 is 1.00 bits per heavy atom. The molecule has 42 heavy (non-hydrogen) atoms. The minimum Gasteiger partial charge on any atom is -0.285 e. The van der Waals surface area contributed by atoms with E-state index in [2.05, 4.69) is 152 Å². The van der Waals surface area contributed by atoms with E-state index in [1.165, 1.54) is 71.3 Å². The van der Waals surface area contributed by atoms with Gasteiger partial charge in [0.05, 0.1) is 6.04 Å². The van der Waals surface area contributed by atoms with Gasteiger partial charge < -0.3 is 0 Å². The number of benzene rings is 7. The lowest BCUT2D eigenvalue weighted by Crippen LogP contribution is -2.02. The molecular formula is C41H29N. The summed E-state index contributed by atoms with van der Waals surface area (Å²) in [5.74, 6) is 0. The summed E-state index contributed by atoms with van der Waals surface area (Å²) in [7, 11) is 0. The van der Waals surface area contributed by atoms with Crippen LogP contribution in [0.2, 0.25) is 0 Å². The molecule has 198 valence electrons. The van der Waals surface area contributed by atoms with E-state index in [0.717, 1.165) is 6.42 Å². The Labute approximate surface area is 246 Å². The van der Waals surface area contributed by atoms with Gasteiger partial charge in [0.25, 0.3) is 0 Å². The van der Waals surface area contributed by atoms with Crippen LogP contribution in [0.5, 0.6) is 0 Å². The van der Waals surface area contributed by atoms with Crippen LogP contribution in [0.3, 0.4) is 0 Å². The third-order valence-corrected chi connectivity index (χ3v) is 8.67. The first kappa shape index (κ1) is 24.5. The number of nitrogens with zero attached hydrogens (tertiary/aromatic N) is 1. The summed E-state index contributed by atoms with van der Waals surface area (Å²) in [5.41, 5.74) is 8.95. The fourth-order valence-electron chi connectivity index (χ4n) is 6.68. The molecule has 0 fully saturated rings. The van der Waals surface area contributed by atoms with Crippen molar-refractivity contribution in [3.05, 3.63) is 163 Å². The van der Waals surface area contributed by atoms with Crippen LogP contribution in [-0.4, -0.2) is 6.21 Å². The van der Waals surface area contributed by atoms with Gasteiger partial charge in [-0.1, -0.05) is 146 Å². The van der Waals surface area contributed by atoms with Gasteiger partial charge in [0.1, 0.15) is 0 Å². The van der Waals surface area contributed by atoms with Gasteiger partial charge >= 0.3 is 0 Å². The van der Waals surface area contributed by atoms with Crippen LogP contribution < -0.4 is 0 Å². The van der Waals surface area contributed by atoms with Gasteiger partial charge in [-0.3, -0.25) is 4.99 Å². The van der Waals surface area contributed by atoms with E-state index in [-0.39, 0.29) is 6.04 Å². The molecule has 0 spiro atoms. The van der Waals surface area contributed by atoms with Gasteiger partial charge in [-0.2, -0.15) is 0 Å². The fraction of sp³-hybridized carbons (Fsp3) is 0.0488. The fourth-order valence-corrected chi connectivity index (χ4v) is 6.68. The van der Waals surface area contributed by atoms with Gasteiger partial charge in [-0.15, -0.1) is 0 Å². The molecule has 1 atom stereocenters. The highest BCUT2D eigenvalue weighted by molar-refractivity contribution is 6.23. The zero-order valence-electron chi connectivity index (χ0n) is 23.2. The van der Waals surface area contributed by atoms with Crippen molar-refractivity contribution in [1.82, 2.24) is 0 Å². The molecule has 8 rings (SSSR count). The van der Waals surface area contributed by atoms with E-state index in [4.69, 9.17) is 4.99 Å². The number of hydrogen-bond donors (Lipinski definition) is 0. The highest BCUT2D eigenvalue weighted by atomic mass is 14.8. The molecule has 7 aromatic rings. The van der Waals surface area contributed by atoms with Crippen molar-refractivity contribution in [3.8, 4) is 22.3 Å². The molecule has 0 saturated carbocycles. The number of dihydropyridines is 1. The Morgan fingerprint density at radius 3 is 1.69 bits per heavy atom. The van der Waals surface area contributed by atoms with Gasteiger partial charge in [-0.25, -0.2) is 0 Å². The van der Waals surface area contributed by atoms with Crippen LogP contribution in [0.1, 0.15) is 23.6 Å². The Morgan fingerprint density at radius 1 is 0.452 bits per heavy atom. The van der Waals surface area contributed by atoms with Crippen molar-refractivity contribution >= 4 is 44.1 Å². The lowest BCUT2D eigenvalue weighted by atomic mass is 9.84. The Hall–Kier alpha value is -5.27. The minimum absolute atomic E-state index is 0.167. The van der Waals surface area contributed by atoms with Crippen molar-refractivity contribution < 1.29 is 0 Å². The molecule has 1 aliphatic rings. The molecule has 1 nitrogen and oxygen atoms in total. The maximum absolute atomic E-state index is 4.76. The summed E-state index contributed by atoms with van der Waals surface area (Å²) >= 11 is 0. The standard InChI is InChI=1S/C41H29N/c1-2-12-30(13-3-1)39-27-32(25-26-42-39)28-21-23-31(24-22-28)40-35-16-6-8-18-37(35)41(38-19-9-7-17-36(38)40)34-20-10-14-29-11-4-5-15-33(29)34/h1-26,39H,27H2. The predicted octanol–water partition coefficient (Wildman–Crippen LogP) is 11.1. The third kappa shape index (κ3) is 4.14. The Balaban J connectivity index is 1.27. The second-order valence-electron chi connectivity index (χ2n) is 11.1. The summed E-state index contributed by atoms with van der Waals surface area (Å²) < 4.78 is 0. The molecule has 1 heteroatoms. The maximum Gasteiger partial charge on any atom is 0.0789 e. The maximum atomic E-state index is 4.76. The highest BCUT2D eigenvalue weighted by Gasteiger charge is 2.19. The van der Waals surface area contributed by atoms with E-state index in [1.54, 1.807) is 0 Å². The normalized spacial score (nSPS) is 14.9. The molecule has 1 unspecified atom stereocenters. The molecule has 0 saturated heterocycles. The van der Waals surface area contributed by atoms with Crippen LogP contribution in [0.4, 0.5) is 0 Å². The third-order valence-electron chi connectivity index (χ3n) is 8.67. The second-order valence-corrected chi connectivity index (χ2v) is 11.1. The van der Waals surface area contributed by atoms with Crippen molar-refractivity contribution in [3.63, 3.8) is 0 Å². The molecular weight excluding hydrogens is 506 g/mol. The predicted molar refractivity (Wildman–Crippen MR) is 180 cm³/mol. The Kier molecular flexibility index (Phi) is 6.00. The number of allylic oxidation sites excluding steroid dienone is 1. The number of hydrogen-bond acceptors (Lipinski definition) is 1. The summed E-state index contributed by atoms with van der Waals surface area (Å²) in [5, 5.41) is 7.66. The number of fused-ring (bicyclic) bond motifs is 3. The quantitative estimate of drug-likeness (QED) is 0.199. The molecule has 1 aliphatic heterocycles. The van der Waals surface area contributed by atoms with Crippen LogP contribution in [0.25, 0.3) is 60.1 Å². The molecule has 0 aromatic heterocycles. The second kappa shape index (κ2) is 10.3. The molecule has 1 heterocycles. The largest absolute Gasteiger partial charge is 0.285 e. The van der Waals surface area contributed by atoms with Crippen LogP contribution in [0, 0.1) is 0 Å². The summed E-state index contributed by atoms with van der Waals surface area (Å²) in [6.45, 7) is 0. The first-order chi connectivity index (χ1) is 20.8. The van der Waals surface area contributed by atoms with Crippen LogP contribution in [0.15, 0.2) is 157 Å². The molecule has 0 radical (unpaired) electrons. The van der Waals surface area contributed by atoms with E-state index in [0.29, 0.717) is 0 Å².